The number of morpholine rings is 1. The van der Waals surface area contributed by atoms with Crippen LogP contribution in [0.4, 0.5) is 0 Å². The first kappa shape index (κ1) is 13.3. The van der Waals surface area contributed by atoms with E-state index in [1.54, 1.807) is 11.8 Å². The van der Waals surface area contributed by atoms with Crippen LogP contribution >= 0.6 is 0 Å². The monoisotopic (exact) mass is 255 g/mol. The molecule has 102 valence electrons. The Morgan fingerprint density at radius 3 is 2.72 bits per heavy atom. The van der Waals surface area contributed by atoms with Gasteiger partial charge in [0.25, 0.3) is 0 Å². The number of ether oxygens (including phenoxy) is 1. The molecule has 0 aliphatic carbocycles. The predicted molar refractivity (Wildman–Crippen MR) is 66.0 cm³/mol. The van der Waals surface area contributed by atoms with Gasteiger partial charge < -0.3 is 20.3 Å². The Morgan fingerprint density at radius 1 is 1.39 bits per heavy atom. The average Bonchev–Trinajstić information content (AvgIpc) is 2.92. The summed E-state index contributed by atoms with van der Waals surface area (Å²) in [4.78, 5) is 25.7. The van der Waals surface area contributed by atoms with Crippen molar-refractivity contribution in [3.8, 4) is 0 Å². The highest BCUT2D eigenvalue weighted by Crippen LogP contribution is 2.06. The molecule has 2 N–H and O–H groups in total. The van der Waals surface area contributed by atoms with Crippen LogP contribution < -0.4 is 10.6 Å². The number of nitrogens with zero attached hydrogens (tertiary/aromatic N) is 1. The minimum atomic E-state index is -0.460. The molecule has 6 nitrogen and oxygen atoms in total. The lowest BCUT2D eigenvalue weighted by Crippen LogP contribution is -2.53. The molecule has 0 spiro atoms. The molecule has 2 saturated heterocycles. The van der Waals surface area contributed by atoms with Crippen LogP contribution in [0.25, 0.3) is 0 Å². The van der Waals surface area contributed by atoms with E-state index in [-0.39, 0.29) is 17.9 Å². The van der Waals surface area contributed by atoms with Crippen molar-refractivity contribution < 1.29 is 14.3 Å². The largest absolute Gasteiger partial charge is 0.378 e. The summed E-state index contributed by atoms with van der Waals surface area (Å²) >= 11 is 0. The Kier molecular flexibility index (Phi) is 4.54. The zero-order chi connectivity index (χ0) is 13.0. The minimum absolute atomic E-state index is 0.0235. The van der Waals surface area contributed by atoms with Crippen molar-refractivity contribution in [2.45, 2.75) is 31.8 Å². The van der Waals surface area contributed by atoms with Crippen LogP contribution in [-0.2, 0) is 14.3 Å². The zero-order valence-corrected chi connectivity index (χ0v) is 10.8. The predicted octanol–water partition coefficient (Wildman–Crippen LogP) is -0.898. The number of hydrogen-bond acceptors (Lipinski definition) is 4. The van der Waals surface area contributed by atoms with E-state index >= 15 is 0 Å². The van der Waals surface area contributed by atoms with Gasteiger partial charge in [0.1, 0.15) is 6.04 Å². The summed E-state index contributed by atoms with van der Waals surface area (Å²) in [7, 11) is 0. The van der Waals surface area contributed by atoms with Crippen LogP contribution in [0.1, 0.15) is 19.8 Å². The molecule has 0 aromatic heterocycles. The first-order chi connectivity index (χ1) is 8.68. The highest BCUT2D eigenvalue weighted by atomic mass is 16.5. The lowest BCUT2D eigenvalue weighted by molar-refractivity contribution is -0.139. The average molecular weight is 255 g/mol. The van der Waals surface area contributed by atoms with Crippen LogP contribution in [0.5, 0.6) is 0 Å². The summed E-state index contributed by atoms with van der Waals surface area (Å²) in [5.74, 6) is -0.0914. The van der Waals surface area contributed by atoms with Gasteiger partial charge in [-0.2, -0.15) is 0 Å². The molecule has 2 rings (SSSR count). The van der Waals surface area contributed by atoms with Gasteiger partial charge in [-0.1, -0.05) is 0 Å². The van der Waals surface area contributed by atoms with Gasteiger partial charge in [-0.15, -0.1) is 0 Å². The summed E-state index contributed by atoms with van der Waals surface area (Å²) in [6, 6.07) is -0.595. The third-order valence-electron chi connectivity index (χ3n) is 3.43. The summed E-state index contributed by atoms with van der Waals surface area (Å²) < 4.78 is 5.20. The van der Waals surface area contributed by atoms with Crippen LogP contribution in [0.3, 0.4) is 0 Å². The highest BCUT2D eigenvalue weighted by Gasteiger charge is 2.27. The van der Waals surface area contributed by atoms with Crippen molar-refractivity contribution in [1.82, 2.24) is 15.5 Å². The second-order valence-electron chi connectivity index (χ2n) is 4.82. The molecule has 2 amide bonds. The molecule has 0 radical (unpaired) electrons. The third-order valence-corrected chi connectivity index (χ3v) is 3.43. The van der Waals surface area contributed by atoms with Crippen molar-refractivity contribution >= 4 is 11.8 Å². The molecule has 2 aliphatic rings. The second kappa shape index (κ2) is 6.15. The van der Waals surface area contributed by atoms with Crippen LogP contribution in [0.2, 0.25) is 0 Å². The van der Waals surface area contributed by atoms with E-state index in [1.165, 1.54) is 0 Å². The van der Waals surface area contributed by atoms with Crippen molar-refractivity contribution in [2.24, 2.45) is 0 Å². The third kappa shape index (κ3) is 3.20. The van der Waals surface area contributed by atoms with E-state index < -0.39 is 6.04 Å². The van der Waals surface area contributed by atoms with Gasteiger partial charge >= 0.3 is 0 Å². The summed E-state index contributed by atoms with van der Waals surface area (Å²) in [6.07, 6.45) is 1.87. The van der Waals surface area contributed by atoms with Gasteiger partial charge in [0.15, 0.2) is 0 Å². The molecule has 2 heterocycles. The Labute approximate surface area is 107 Å². The SMILES string of the molecule is CC(NC(=O)[C@H]1CCCN1)C(=O)N1CCOCC1. The van der Waals surface area contributed by atoms with E-state index in [0.29, 0.717) is 26.3 Å². The van der Waals surface area contributed by atoms with Crippen molar-refractivity contribution in [2.75, 3.05) is 32.8 Å². The number of carbonyl (C=O) groups is 2. The molecule has 2 aliphatic heterocycles. The lowest BCUT2D eigenvalue weighted by atomic mass is 10.2. The van der Waals surface area contributed by atoms with Gasteiger partial charge in [0.05, 0.1) is 19.3 Å². The zero-order valence-electron chi connectivity index (χ0n) is 10.8. The van der Waals surface area contributed by atoms with Crippen LogP contribution in [0.15, 0.2) is 0 Å². The van der Waals surface area contributed by atoms with Crippen LogP contribution in [-0.4, -0.2) is 61.6 Å². The number of carbonyl (C=O) groups excluding carboxylic acids is 2. The summed E-state index contributed by atoms with van der Waals surface area (Å²) in [5.41, 5.74) is 0. The molecular weight excluding hydrogens is 234 g/mol. The molecule has 0 aromatic rings. The fraction of sp³-hybridized carbons (Fsp3) is 0.833. The molecule has 1 unspecified atom stereocenters. The Hall–Kier alpha value is -1.14. The Bertz CT molecular complexity index is 310. The Balaban J connectivity index is 1.80. The van der Waals surface area contributed by atoms with Crippen molar-refractivity contribution in [3.63, 3.8) is 0 Å². The minimum Gasteiger partial charge on any atom is -0.378 e. The molecule has 0 bridgehead atoms. The standard InChI is InChI=1S/C12H21N3O3/c1-9(12(17)15-5-7-18-8-6-15)14-11(16)10-3-2-4-13-10/h9-10,13H,2-8H2,1H3,(H,14,16)/t9?,10-/m1/s1. The molecule has 0 aromatic carbocycles. The van der Waals surface area contributed by atoms with E-state index in [9.17, 15) is 9.59 Å². The molecule has 2 fully saturated rings. The molecular formula is C12H21N3O3. The van der Waals surface area contributed by atoms with Gasteiger partial charge in [-0.25, -0.2) is 0 Å². The van der Waals surface area contributed by atoms with E-state index in [4.69, 9.17) is 4.74 Å². The smallest absolute Gasteiger partial charge is 0.245 e. The molecule has 18 heavy (non-hydrogen) atoms. The lowest BCUT2D eigenvalue weighted by Gasteiger charge is -2.29. The maximum atomic E-state index is 12.1. The van der Waals surface area contributed by atoms with Gasteiger partial charge in [0, 0.05) is 13.1 Å². The van der Waals surface area contributed by atoms with Crippen molar-refractivity contribution in [3.05, 3.63) is 0 Å². The topological polar surface area (TPSA) is 70.7 Å². The van der Waals surface area contributed by atoms with E-state index in [2.05, 4.69) is 10.6 Å². The Morgan fingerprint density at radius 2 is 2.11 bits per heavy atom. The van der Waals surface area contributed by atoms with Gasteiger partial charge in [-0.05, 0) is 26.3 Å². The maximum Gasteiger partial charge on any atom is 0.245 e. The first-order valence-corrected chi connectivity index (χ1v) is 6.59. The number of amides is 2. The van der Waals surface area contributed by atoms with Gasteiger partial charge in [-0.3, -0.25) is 9.59 Å². The van der Waals surface area contributed by atoms with Crippen LogP contribution in [0, 0.1) is 0 Å². The first-order valence-electron chi connectivity index (χ1n) is 6.59. The maximum absolute atomic E-state index is 12.1. The fourth-order valence-electron chi connectivity index (χ4n) is 2.34. The number of hydrogen-bond donors (Lipinski definition) is 2. The molecule has 6 heteroatoms. The summed E-state index contributed by atoms with van der Waals surface area (Å²) in [6.45, 7) is 5.00. The quantitative estimate of drug-likeness (QED) is 0.686. The highest BCUT2D eigenvalue weighted by molar-refractivity contribution is 5.89. The van der Waals surface area contributed by atoms with E-state index in [1.807, 2.05) is 0 Å². The second-order valence-corrected chi connectivity index (χ2v) is 4.82. The number of rotatable bonds is 3. The van der Waals surface area contributed by atoms with Crippen molar-refractivity contribution in [1.29, 1.82) is 0 Å². The molecule has 0 saturated carbocycles. The van der Waals surface area contributed by atoms with Gasteiger partial charge in [0.2, 0.25) is 11.8 Å². The number of nitrogens with one attached hydrogen (secondary N) is 2. The molecule has 2 atom stereocenters. The summed E-state index contributed by atoms with van der Waals surface area (Å²) in [5, 5.41) is 5.91. The van der Waals surface area contributed by atoms with E-state index in [0.717, 1.165) is 19.4 Å². The normalized spacial score (nSPS) is 25.8. The fourth-order valence-corrected chi connectivity index (χ4v) is 2.34.